The molecule has 1 aliphatic rings. The first kappa shape index (κ1) is 20.7. The van der Waals surface area contributed by atoms with Crippen LogP contribution in [-0.4, -0.2) is 42.9 Å². The van der Waals surface area contributed by atoms with Crippen molar-refractivity contribution >= 4 is 35.8 Å². The number of nitrogens with one attached hydrogen (secondary N) is 2. The fourth-order valence-corrected chi connectivity index (χ4v) is 2.97. The van der Waals surface area contributed by atoms with Gasteiger partial charge in [-0.3, -0.25) is 9.79 Å². The summed E-state index contributed by atoms with van der Waals surface area (Å²) >= 11 is 0. The summed E-state index contributed by atoms with van der Waals surface area (Å²) in [6.07, 6.45) is 2.58. The molecular weight excluding hydrogens is 415 g/mol. The van der Waals surface area contributed by atoms with Crippen LogP contribution in [-0.2, 0) is 17.8 Å². The van der Waals surface area contributed by atoms with E-state index in [2.05, 4.69) is 46.8 Å². The monoisotopic (exact) mass is 444 g/mol. The van der Waals surface area contributed by atoms with Crippen LogP contribution in [0, 0.1) is 0 Å². The van der Waals surface area contributed by atoms with Gasteiger partial charge >= 0.3 is 0 Å². The van der Waals surface area contributed by atoms with Gasteiger partial charge < -0.3 is 15.5 Å². The first-order valence-corrected chi connectivity index (χ1v) is 8.49. The highest BCUT2D eigenvalue weighted by atomic mass is 127. The molecule has 1 saturated heterocycles. The highest BCUT2D eigenvalue weighted by molar-refractivity contribution is 14.0. The number of hydrogen-bond acceptors (Lipinski definition) is 2. The minimum atomic E-state index is 0. The van der Waals surface area contributed by atoms with Crippen molar-refractivity contribution in [1.82, 2.24) is 15.5 Å². The standard InChI is InChI=1S/C18H28N4O.HI/c1-4-14-8-6-7-9-15(14)12-20-18(19-3)21-16-10-11-22(13-16)17(23)5-2;/h6-9,16H,4-5,10-13H2,1-3H3,(H2,19,20,21);1H. The average molecular weight is 444 g/mol. The molecule has 1 aromatic rings. The Morgan fingerprint density at radius 1 is 1.29 bits per heavy atom. The number of amides is 1. The number of nitrogens with zero attached hydrogens (tertiary/aromatic N) is 2. The molecule has 0 bridgehead atoms. The van der Waals surface area contributed by atoms with Crippen molar-refractivity contribution in [3.8, 4) is 0 Å². The zero-order valence-corrected chi connectivity index (χ0v) is 17.2. The van der Waals surface area contributed by atoms with Gasteiger partial charge in [-0.2, -0.15) is 0 Å². The maximum atomic E-state index is 11.7. The van der Waals surface area contributed by atoms with Crippen LogP contribution in [0.1, 0.15) is 37.8 Å². The van der Waals surface area contributed by atoms with Gasteiger partial charge in [-0.25, -0.2) is 0 Å². The van der Waals surface area contributed by atoms with Crippen molar-refractivity contribution in [3.63, 3.8) is 0 Å². The van der Waals surface area contributed by atoms with Crippen LogP contribution in [0.3, 0.4) is 0 Å². The molecule has 5 nitrogen and oxygen atoms in total. The number of hydrogen-bond donors (Lipinski definition) is 2. The van der Waals surface area contributed by atoms with E-state index in [4.69, 9.17) is 0 Å². The molecule has 1 amide bonds. The first-order valence-electron chi connectivity index (χ1n) is 8.49. The molecule has 0 radical (unpaired) electrons. The summed E-state index contributed by atoms with van der Waals surface area (Å²) < 4.78 is 0. The predicted molar refractivity (Wildman–Crippen MR) is 110 cm³/mol. The third-order valence-corrected chi connectivity index (χ3v) is 4.35. The van der Waals surface area contributed by atoms with E-state index in [9.17, 15) is 4.79 Å². The molecule has 1 aromatic carbocycles. The summed E-state index contributed by atoms with van der Waals surface area (Å²) in [4.78, 5) is 18.0. The number of guanidine groups is 1. The van der Waals surface area contributed by atoms with Crippen molar-refractivity contribution in [2.45, 2.75) is 45.7 Å². The Morgan fingerprint density at radius 2 is 2.00 bits per heavy atom. The molecule has 1 fully saturated rings. The van der Waals surface area contributed by atoms with Crippen LogP contribution in [0.5, 0.6) is 0 Å². The number of aryl methyl sites for hydroxylation is 1. The largest absolute Gasteiger partial charge is 0.352 e. The lowest BCUT2D eigenvalue weighted by Crippen LogP contribution is -2.44. The van der Waals surface area contributed by atoms with Crippen LogP contribution in [0.15, 0.2) is 29.3 Å². The van der Waals surface area contributed by atoms with Gasteiger partial charge in [-0.05, 0) is 24.0 Å². The molecule has 2 N–H and O–H groups in total. The summed E-state index contributed by atoms with van der Waals surface area (Å²) in [5, 5.41) is 6.81. The molecule has 0 aliphatic carbocycles. The fraction of sp³-hybridized carbons (Fsp3) is 0.556. The van der Waals surface area contributed by atoms with Crippen LogP contribution in [0.2, 0.25) is 0 Å². The predicted octanol–water partition coefficient (Wildman–Crippen LogP) is 2.54. The topological polar surface area (TPSA) is 56.7 Å². The SMILES string of the molecule is CCC(=O)N1CCC(NC(=NC)NCc2ccccc2CC)C1.I. The smallest absolute Gasteiger partial charge is 0.222 e. The lowest BCUT2D eigenvalue weighted by atomic mass is 10.1. The highest BCUT2D eigenvalue weighted by Crippen LogP contribution is 2.11. The lowest BCUT2D eigenvalue weighted by molar-refractivity contribution is -0.129. The van der Waals surface area contributed by atoms with E-state index in [1.807, 2.05) is 11.8 Å². The lowest BCUT2D eigenvalue weighted by Gasteiger charge is -2.19. The normalized spacial score (nSPS) is 17.4. The van der Waals surface area contributed by atoms with Gasteiger partial charge in [0, 0.05) is 39.1 Å². The number of likely N-dealkylation sites (tertiary alicyclic amines) is 1. The average Bonchev–Trinajstić information content (AvgIpc) is 3.06. The van der Waals surface area contributed by atoms with E-state index in [0.717, 1.165) is 38.4 Å². The van der Waals surface area contributed by atoms with Crippen molar-refractivity contribution in [1.29, 1.82) is 0 Å². The first-order chi connectivity index (χ1) is 11.2. The molecular formula is C18H29IN4O. The molecule has 0 spiro atoms. The number of carbonyl (C=O) groups is 1. The van der Waals surface area contributed by atoms with Gasteiger partial charge in [-0.15, -0.1) is 24.0 Å². The zero-order chi connectivity index (χ0) is 16.7. The van der Waals surface area contributed by atoms with Crippen LogP contribution in [0.25, 0.3) is 0 Å². The Labute approximate surface area is 162 Å². The number of halogens is 1. The summed E-state index contributed by atoms with van der Waals surface area (Å²) in [5.41, 5.74) is 2.66. The van der Waals surface area contributed by atoms with Crippen molar-refractivity contribution in [2.75, 3.05) is 20.1 Å². The molecule has 6 heteroatoms. The zero-order valence-electron chi connectivity index (χ0n) is 14.8. The summed E-state index contributed by atoms with van der Waals surface area (Å²) in [7, 11) is 1.78. The quantitative estimate of drug-likeness (QED) is 0.417. The Bertz CT molecular complexity index is 562. The van der Waals surface area contributed by atoms with Gasteiger partial charge in [0.2, 0.25) is 5.91 Å². The molecule has 24 heavy (non-hydrogen) atoms. The van der Waals surface area contributed by atoms with Gasteiger partial charge in [-0.1, -0.05) is 38.1 Å². The van der Waals surface area contributed by atoms with Gasteiger partial charge in [0.1, 0.15) is 0 Å². The van der Waals surface area contributed by atoms with Crippen molar-refractivity contribution in [2.24, 2.45) is 4.99 Å². The molecule has 1 heterocycles. The Hall–Kier alpha value is -1.31. The Morgan fingerprint density at radius 3 is 2.62 bits per heavy atom. The number of benzene rings is 1. The Balaban J connectivity index is 0.00000288. The third-order valence-electron chi connectivity index (χ3n) is 4.35. The van der Waals surface area contributed by atoms with E-state index >= 15 is 0 Å². The minimum Gasteiger partial charge on any atom is -0.352 e. The molecule has 1 unspecified atom stereocenters. The maximum Gasteiger partial charge on any atom is 0.222 e. The molecule has 134 valence electrons. The van der Waals surface area contributed by atoms with Crippen LogP contribution < -0.4 is 10.6 Å². The van der Waals surface area contributed by atoms with E-state index in [-0.39, 0.29) is 35.9 Å². The highest BCUT2D eigenvalue weighted by Gasteiger charge is 2.25. The van der Waals surface area contributed by atoms with E-state index in [1.165, 1.54) is 11.1 Å². The number of carbonyl (C=O) groups excluding carboxylic acids is 1. The molecule has 0 aromatic heterocycles. The Kier molecular flexibility index (Phi) is 9.10. The molecule has 2 rings (SSSR count). The van der Waals surface area contributed by atoms with Gasteiger partial charge in [0.25, 0.3) is 0 Å². The maximum absolute atomic E-state index is 11.7. The minimum absolute atomic E-state index is 0. The number of rotatable bonds is 5. The van der Waals surface area contributed by atoms with Gasteiger partial charge in [0.15, 0.2) is 5.96 Å². The summed E-state index contributed by atoms with van der Waals surface area (Å²) in [6.45, 7) is 6.44. The van der Waals surface area contributed by atoms with E-state index in [0.29, 0.717) is 6.42 Å². The van der Waals surface area contributed by atoms with Gasteiger partial charge in [0.05, 0.1) is 0 Å². The molecule has 0 saturated carbocycles. The second-order valence-corrected chi connectivity index (χ2v) is 5.87. The van der Waals surface area contributed by atoms with E-state index < -0.39 is 0 Å². The van der Waals surface area contributed by atoms with Crippen LogP contribution >= 0.6 is 24.0 Å². The third kappa shape index (κ3) is 5.65. The molecule has 1 atom stereocenters. The second kappa shape index (κ2) is 10.5. The molecule has 1 aliphatic heterocycles. The summed E-state index contributed by atoms with van der Waals surface area (Å²) in [5.74, 6) is 1.03. The van der Waals surface area contributed by atoms with Crippen LogP contribution in [0.4, 0.5) is 0 Å². The van der Waals surface area contributed by atoms with Crippen molar-refractivity contribution in [3.05, 3.63) is 35.4 Å². The second-order valence-electron chi connectivity index (χ2n) is 5.87. The summed E-state index contributed by atoms with van der Waals surface area (Å²) in [6, 6.07) is 8.73. The van der Waals surface area contributed by atoms with E-state index in [1.54, 1.807) is 7.05 Å². The fourth-order valence-electron chi connectivity index (χ4n) is 2.97. The number of aliphatic imine (C=N–C) groups is 1. The van der Waals surface area contributed by atoms with Crippen molar-refractivity contribution < 1.29 is 4.79 Å².